The Hall–Kier alpha value is -2.29. The first-order valence-electron chi connectivity index (χ1n) is 8.91. The SMILES string of the molecule is Cc1cccc(C(NC(=O)NC2CCCCC2)c2ccccc2)c1. The smallest absolute Gasteiger partial charge is 0.315 e. The minimum absolute atomic E-state index is 0.0720. The van der Waals surface area contributed by atoms with Gasteiger partial charge in [-0.25, -0.2) is 4.79 Å². The number of hydrogen-bond donors (Lipinski definition) is 2. The van der Waals surface area contributed by atoms with Crippen molar-refractivity contribution in [1.82, 2.24) is 10.6 Å². The molecule has 0 heterocycles. The maximum absolute atomic E-state index is 12.5. The lowest BCUT2D eigenvalue weighted by Gasteiger charge is -2.25. The molecule has 0 spiro atoms. The molecule has 2 aromatic carbocycles. The van der Waals surface area contributed by atoms with Crippen LogP contribution in [0.3, 0.4) is 0 Å². The van der Waals surface area contributed by atoms with Gasteiger partial charge in [0.05, 0.1) is 6.04 Å². The highest BCUT2D eigenvalue weighted by Gasteiger charge is 2.20. The molecule has 2 aromatic rings. The molecule has 1 atom stereocenters. The maximum atomic E-state index is 12.5. The summed E-state index contributed by atoms with van der Waals surface area (Å²) in [4.78, 5) is 12.5. The van der Waals surface area contributed by atoms with Gasteiger partial charge in [-0.1, -0.05) is 79.4 Å². The molecule has 0 radical (unpaired) electrons. The lowest BCUT2D eigenvalue weighted by atomic mass is 9.95. The standard InChI is InChI=1S/C21H26N2O/c1-16-9-8-12-18(15-16)20(17-10-4-2-5-11-17)23-21(24)22-19-13-6-3-7-14-19/h2,4-5,8-12,15,19-20H,3,6-7,13-14H2,1H3,(H2,22,23,24). The van der Waals surface area contributed by atoms with E-state index in [0.29, 0.717) is 6.04 Å². The zero-order valence-corrected chi connectivity index (χ0v) is 14.3. The van der Waals surface area contributed by atoms with E-state index in [-0.39, 0.29) is 12.1 Å². The summed E-state index contributed by atoms with van der Waals surface area (Å²) in [5.74, 6) is 0. The van der Waals surface area contributed by atoms with Crippen LogP contribution in [0.25, 0.3) is 0 Å². The minimum Gasteiger partial charge on any atom is -0.335 e. The lowest BCUT2D eigenvalue weighted by molar-refractivity contribution is 0.230. The molecule has 24 heavy (non-hydrogen) atoms. The van der Waals surface area contributed by atoms with Crippen LogP contribution in [0.2, 0.25) is 0 Å². The summed E-state index contributed by atoms with van der Waals surface area (Å²) >= 11 is 0. The normalized spacial score (nSPS) is 16.4. The number of amides is 2. The Morgan fingerprint density at radius 2 is 1.67 bits per heavy atom. The molecule has 0 bridgehead atoms. The van der Waals surface area contributed by atoms with Gasteiger partial charge in [-0.05, 0) is 30.9 Å². The molecule has 0 saturated heterocycles. The number of aryl methyl sites for hydroxylation is 1. The molecular formula is C21H26N2O. The van der Waals surface area contributed by atoms with Crippen molar-refractivity contribution in [3.05, 3.63) is 71.3 Å². The summed E-state index contributed by atoms with van der Waals surface area (Å²) < 4.78 is 0. The Kier molecular flexibility index (Phi) is 5.52. The van der Waals surface area contributed by atoms with Crippen molar-refractivity contribution in [1.29, 1.82) is 0 Å². The van der Waals surface area contributed by atoms with Crippen LogP contribution in [0.1, 0.15) is 54.8 Å². The number of carbonyl (C=O) groups excluding carboxylic acids is 1. The molecule has 2 amide bonds. The fourth-order valence-corrected chi connectivity index (χ4v) is 3.46. The van der Waals surface area contributed by atoms with Gasteiger partial charge in [0.15, 0.2) is 0 Å². The second kappa shape index (κ2) is 8.00. The van der Waals surface area contributed by atoms with Crippen molar-refractivity contribution < 1.29 is 4.79 Å². The number of carbonyl (C=O) groups is 1. The number of benzene rings is 2. The van der Waals surface area contributed by atoms with Crippen LogP contribution in [0, 0.1) is 6.92 Å². The molecule has 1 unspecified atom stereocenters. The summed E-state index contributed by atoms with van der Waals surface area (Å²) in [5, 5.41) is 6.33. The third kappa shape index (κ3) is 4.38. The molecule has 1 saturated carbocycles. The number of hydrogen-bond acceptors (Lipinski definition) is 1. The Balaban J connectivity index is 1.76. The first-order valence-corrected chi connectivity index (χ1v) is 8.91. The number of nitrogens with one attached hydrogen (secondary N) is 2. The molecule has 3 heteroatoms. The second-order valence-electron chi connectivity index (χ2n) is 6.71. The van der Waals surface area contributed by atoms with Crippen LogP contribution in [0.15, 0.2) is 54.6 Å². The summed E-state index contributed by atoms with van der Waals surface area (Å²) in [6, 6.07) is 18.6. The van der Waals surface area contributed by atoms with E-state index in [1.54, 1.807) is 0 Å². The van der Waals surface area contributed by atoms with E-state index in [2.05, 4.69) is 47.9 Å². The molecule has 1 aliphatic carbocycles. The summed E-state index contributed by atoms with van der Waals surface area (Å²) in [5.41, 5.74) is 3.41. The van der Waals surface area contributed by atoms with Crippen LogP contribution in [0.4, 0.5) is 4.79 Å². The predicted octanol–water partition coefficient (Wildman–Crippen LogP) is 4.72. The van der Waals surface area contributed by atoms with Crippen molar-refractivity contribution in [2.75, 3.05) is 0 Å². The van der Waals surface area contributed by atoms with Crippen LogP contribution < -0.4 is 10.6 Å². The van der Waals surface area contributed by atoms with Crippen LogP contribution in [-0.2, 0) is 0 Å². The molecule has 3 nitrogen and oxygen atoms in total. The lowest BCUT2D eigenvalue weighted by Crippen LogP contribution is -2.44. The average Bonchev–Trinajstić information content (AvgIpc) is 2.61. The summed E-state index contributed by atoms with van der Waals surface area (Å²) in [6.45, 7) is 2.08. The fraction of sp³-hybridized carbons (Fsp3) is 0.381. The third-order valence-corrected chi connectivity index (χ3v) is 4.72. The summed E-state index contributed by atoms with van der Waals surface area (Å²) in [6.07, 6.45) is 5.90. The van der Waals surface area contributed by atoms with Gasteiger partial charge in [-0.15, -0.1) is 0 Å². The largest absolute Gasteiger partial charge is 0.335 e. The molecule has 3 rings (SSSR count). The van der Waals surface area contributed by atoms with Gasteiger partial charge in [0.2, 0.25) is 0 Å². The first-order chi connectivity index (χ1) is 11.7. The fourth-order valence-electron chi connectivity index (χ4n) is 3.46. The highest BCUT2D eigenvalue weighted by molar-refractivity contribution is 5.75. The van der Waals surface area contributed by atoms with Crippen LogP contribution >= 0.6 is 0 Å². The zero-order valence-electron chi connectivity index (χ0n) is 14.3. The predicted molar refractivity (Wildman–Crippen MR) is 98.0 cm³/mol. The zero-order chi connectivity index (χ0) is 16.8. The van der Waals surface area contributed by atoms with Gasteiger partial charge in [-0.3, -0.25) is 0 Å². The Labute approximate surface area is 144 Å². The first kappa shape index (κ1) is 16.6. The van der Waals surface area contributed by atoms with Gasteiger partial charge in [0, 0.05) is 6.04 Å². The van der Waals surface area contributed by atoms with Crippen molar-refractivity contribution in [2.24, 2.45) is 0 Å². The van der Waals surface area contributed by atoms with Gasteiger partial charge in [-0.2, -0.15) is 0 Å². The molecule has 0 aromatic heterocycles. The molecular weight excluding hydrogens is 296 g/mol. The highest BCUT2D eigenvalue weighted by atomic mass is 16.2. The van der Waals surface area contributed by atoms with Crippen molar-refractivity contribution in [3.63, 3.8) is 0 Å². The van der Waals surface area contributed by atoms with Gasteiger partial charge >= 0.3 is 6.03 Å². The average molecular weight is 322 g/mol. The van der Waals surface area contributed by atoms with Crippen molar-refractivity contribution >= 4 is 6.03 Å². The van der Waals surface area contributed by atoms with E-state index in [4.69, 9.17) is 0 Å². The summed E-state index contributed by atoms with van der Waals surface area (Å²) in [7, 11) is 0. The van der Waals surface area contributed by atoms with E-state index in [0.717, 1.165) is 24.0 Å². The van der Waals surface area contributed by atoms with Gasteiger partial charge in [0.25, 0.3) is 0 Å². The van der Waals surface area contributed by atoms with Gasteiger partial charge in [0.1, 0.15) is 0 Å². The quantitative estimate of drug-likeness (QED) is 0.840. The minimum atomic E-state index is -0.130. The Morgan fingerprint density at radius 3 is 2.38 bits per heavy atom. The molecule has 0 aliphatic heterocycles. The molecule has 126 valence electrons. The van der Waals surface area contributed by atoms with E-state index < -0.39 is 0 Å². The van der Waals surface area contributed by atoms with Gasteiger partial charge < -0.3 is 10.6 Å². The Bertz CT molecular complexity index is 663. The monoisotopic (exact) mass is 322 g/mol. The van der Waals surface area contributed by atoms with E-state index in [1.807, 2.05) is 24.3 Å². The highest BCUT2D eigenvalue weighted by Crippen LogP contribution is 2.23. The molecule has 1 fully saturated rings. The topological polar surface area (TPSA) is 41.1 Å². The third-order valence-electron chi connectivity index (χ3n) is 4.72. The molecule has 1 aliphatic rings. The number of urea groups is 1. The van der Waals surface area contributed by atoms with Crippen LogP contribution in [-0.4, -0.2) is 12.1 Å². The Morgan fingerprint density at radius 1 is 0.958 bits per heavy atom. The van der Waals surface area contributed by atoms with E-state index >= 15 is 0 Å². The van der Waals surface area contributed by atoms with E-state index in [1.165, 1.54) is 24.8 Å². The second-order valence-corrected chi connectivity index (χ2v) is 6.71. The van der Waals surface area contributed by atoms with E-state index in [9.17, 15) is 4.79 Å². The van der Waals surface area contributed by atoms with Crippen molar-refractivity contribution in [2.45, 2.75) is 51.1 Å². The van der Waals surface area contributed by atoms with Crippen molar-refractivity contribution in [3.8, 4) is 0 Å². The van der Waals surface area contributed by atoms with Crippen LogP contribution in [0.5, 0.6) is 0 Å². The maximum Gasteiger partial charge on any atom is 0.315 e. The number of rotatable bonds is 4. The molecule has 2 N–H and O–H groups in total.